The molecule has 0 radical (unpaired) electrons. The van der Waals surface area contributed by atoms with Gasteiger partial charge in [-0.2, -0.15) is 0 Å². The van der Waals surface area contributed by atoms with E-state index in [4.69, 9.17) is 12.2 Å². The van der Waals surface area contributed by atoms with Gasteiger partial charge in [-0.3, -0.25) is 14.5 Å². The fourth-order valence-electron chi connectivity index (χ4n) is 2.89. The van der Waals surface area contributed by atoms with Crippen LogP contribution in [0.25, 0.3) is 6.08 Å². The van der Waals surface area contributed by atoms with Crippen LogP contribution in [0.15, 0.2) is 59.5 Å². The number of benzene rings is 2. The number of aromatic hydroxyl groups is 1. The van der Waals surface area contributed by atoms with E-state index in [1.54, 1.807) is 17.0 Å². The molecule has 3 rings (SSSR count). The summed E-state index contributed by atoms with van der Waals surface area (Å²) in [5, 5.41) is 12.0. The minimum Gasteiger partial charge on any atom is -0.508 e. The normalized spacial score (nSPS) is 15.2. The highest BCUT2D eigenvalue weighted by Crippen LogP contribution is 2.33. The van der Waals surface area contributed by atoms with Crippen LogP contribution in [0.3, 0.4) is 0 Å². The SMILES string of the molecule is O=C(CCCCCN1C(=O)S/C(=C\c2ccccc2)C1=S)Nc1ccc(O)cc1. The van der Waals surface area contributed by atoms with Crippen molar-refractivity contribution in [3.05, 3.63) is 65.1 Å². The molecule has 2 aromatic carbocycles. The minimum atomic E-state index is -0.0629. The number of carbonyl (C=O) groups excluding carboxylic acids is 2. The Morgan fingerprint density at radius 3 is 2.52 bits per heavy atom. The lowest BCUT2D eigenvalue weighted by Gasteiger charge is -2.14. The maximum absolute atomic E-state index is 12.3. The molecule has 29 heavy (non-hydrogen) atoms. The van der Waals surface area contributed by atoms with Crippen molar-refractivity contribution in [1.29, 1.82) is 0 Å². The molecule has 7 heteroatoms. The molecule has 1 fully saturated rings. The van der Waals surface area contributed by atoms with E-state index in [1.807, 2.05) is 36.4 Å². The molecule has 1 saturated heterocycles. The Bertz CT molecular complexity index is 911. The first-order chi connectivity index (χ1) is 14.0. The maximum Gasteiger partial charge on any atom is 0.291 e. The van der Waals surface area contributed by atoms with E-state index in [0.717, 1.165) is 29.7 Å². The predicted molar refractivity (Wildman–Crippen MR) is 122 cm³/mol. The Kier molecular flexibility index (Phi) is 7.43. The number of phenols is 1. The van der Waals surface area contributed by atoms with Crippen molar-refractivity contribution in [2.45, 2.75) is 25.7 Å². The average molecular weight is 427 g/mol. The topological polar surface area (TPSA) is 69.6 Å². The molecule has 0 spiro atoms. The van der Waals surface area contributed by atoms with Crippen molar-refractivity contribution in [2.75, 3.05) is 11.9 Å². The first-order valence-electron chi connectivity index (χ1n) is 9.42. The second-order valence-corrected chi connectivity index (χ2v) is 8.03. The molecular weight excluding hydrogens is 404 g/mol. The summed E-state index contributed by atoms with van der Waals surface area (Å²) in [6.45, 7) is 0.566. The van der Waals surface area contributed by atoms with Crippen LogP contribution in [-0.2, 0) is 4.79 Å². The standard InChI is InChI=1S/C22H22N2O3S2/c25-18-12-10-17(11-13-18)23-20(26)9-5-2-6-14-24-21(28)19(29-22(24)27)15-16-7-3-1-4-8-16/h1,3-4,7-8,10-13,15,25H,2,5-6,9,14H2,(H,23,26)/b19-15-. The zero-order valence-corrected chi connectivity index (χ0v) is 17.5. The Labute approximate surface area is 179 Å². The number of hydrogen-bond acceptors (Lipinski definition) is 5. The molecule has 1 aliphatic heterocycles. The molecule has 1 aliphatic rings. The summed E-state index contributed by atoms with van der Waals surface area (Å²) < 4.78 is 0. The van der Waals surface area contributed by atoms with Gasteiger partial charge in [0.05, 0.1) is 4.91 Å². The Hall–Kier alpha value is -2.64. The molecule has 0 unspecified atom stereocenters. The molecule has 2 N–H and O–H groups in total. The second kappa shape index (κ2) is 10.2. The van der Waals surface area contributed by atoms with Gasteiger partial charge in [-0.25, -0.2) is 0 Å². The zero-order chi connectivity index (χ0) is 20.6. The molecule has 5 nitrogen and oxygen atoms in total. The molecule has 0 atom stereocenters. The number of unbranched alkanes of at least 4 members (excludes halogenated alkanes) is 2. The monoisotopic (exact) mass is 426 g/mol. The summed E-state index contributed by atoms with van der Waals surface area (Å²) in [5.74, 6) is 0.101. The highest BCUT2D eigenvalue weighted by atomic mass is 32.2. The van der Waals surface area contributed by atoms with Gasteiger partial charge >= 0.3 is 0 Å². The second-order valence-electron chi connectivity index (χ2n) is 6.65. The highest BCUT2D eigenvalue weighted by Gasteiger charge is 2.30. The number of thioether (sulfide) groups is 1. The Morgan fingerprint density at radius 2 is 1.79 bits per heavy atom. The van der Waals surface area contributed by atoms with E-state index in [2.05, 4.69) is 5.32 Å². The summed E-state index contributed by atoms with van der Waals surface area (Å²) in [4.78, 5) is 27.3. The fourth-order valence-corrected chi connectivity index (χ4v) is 4.18. The largest absolute Gasteiger partial charge is 0.508 e. The molecule has 1 heterocycles. The van der Waals surface area contributed by atoms with Crippen LogP contribution in [0.5, 0.6) is 5.75 Å². The maximum atomic E-state index is 12.3. The van der Waals surface area contributed by atoms with Crippen molar-refractivity contribution in [3.63, 3.8) is 0 Å². The number of nitrogens with one attached hydrogen (secondary N) is 1. The van der Waals surface area contributed by atoms with Gasteiger partial charge in [0.1, 0.15) is 10.7 Å². The van der Waals surface area contributed by atoms with Crippen LogP contribution in [0.2, 0.25) is 0 Å². The lowest BCUT2D eigenvalue weighted by Crippen LogP contribution is -2.28. The third kappa shape index (κ3) is 6.17. The van der Waals surface area contributed by atoms with Gasteiger partial charge in [0, 0.05) is 18.7 Å². The van der Waals surface area contributed by atoms with E-state index >= 15 is 0 Å². The van der Waals surface area contributed by atoms with Crippen molar-refractivity contribution in [2.24, 2.45) is 0 Å². The van der Waals surface area contributed by atoms with Gasteiger partial charge in [-0.05, 0) is 60.5 Å². The van der Waals surface area contributed by atoms with E-state index in [-0.39, 0.29) is 16.9 Å². The van der Waals surface area contributed by atoms with Gasteiger partial charge in [0.25, 0.3) is 5.24 Å². The van der Waals surface area contributed by atoms with Crippen LogP contribution >= 0.6 is 24.0 Å². The van der Waals surface area contributed by atoms with E-state index in [0.29, 0.717) is 23.6 Å². The molecule has 0 saturated carbocycles. The molecule has 0 bridgehead atoms. The van der Waals surface area contributed by atoms with Gasteiger partial charge in [0.15, 0.2) is 0 Å². The van der Waals surface area contributed by atoms with Gasteiger partial charge in [-0.15, -0.1) is 0 Å². The van der Waals surface area contributed by atoms with Crippen LogP contribution in [0.4, 0.5) is 10.5 Å². The number of nitrogens with zero attached hydrogens (tertiary/aromatic N) is 1. The molecule has 0 aliphatic carbocycles. The lowest BCUT2D eigenvalue weighted by molar-refractivity contribution is -0.116. The summed E-state index contributed by atoms with van der Waals surface area (Å²) in [6, 6.07) is 16.2. The van der Waals surface area contributed by atoms with E-state index in [9.17, 15) is 14.7 Å². The summed E-state index contributed by atoms with van der Waals surface area (Å²) >= 11 is 6.65. The number of rotatable bonds is 8. The first-order valence-corrected chi connectivity index (χ1v) is 10.6. The van der Waals surface area contributed by atoms with Crippen LogP contribution in [0.1, 0.15) is 31.2 Å². The number of phenolic OH excluding ortho intramolecular Hbond substituents is 1. The quantitative estimate of drug-likeness (QED) is 0.255. The number of thiocarbonyl (C=S) groups is 1. The molecule has 2 amide bonds. The van der Waals surface area contributed by atoms with Gasteiger partial charge in [0.2, 0.25) is 5.91 Å². The third-order valence-electron chi connectivity index (χ3n) is 4.41. The first kappa shape index (κ1) is 21.1. The third-order valence-corrected chi connectivity index (χ3v) is 5.90. The smallest absolute Gasteiger partial charge is 0.291 e. The number of anilines is 1. The fraction of sp³-hybridized carbons (Fsp3) is 0.227. The zero-order valence-electron chi connectivity index (χ0n) is 15.8. The van der Waals surface area contributed by atoms with Gasteiger partial charge in [-0.1, -0.05) is 49.0 Å². The minimum absolute atomic E-state index is 0.0396. The highest BCUT2D eigenvalue weighted by molar-refractivity contribution is 8.19. The molecule has 150 valence electrons. The van der Waals surface area contributed by atoms with Crippen LogP contribution in [-0.4, -0.2) is 32.7 Å². The average Bonchev–Trinajstić information content (AvgIpc) is 2.97. The molecule has 0 aromatic heterocycles. The van der Waals surface area contributed by atoms with Crippen LogP contribution in [0, 0.1) is 0 Å². The van der Waals surface area contributed by atoms with Crippen molar-refractivity contribution >= 4 is 51.9 Å². The van der Waals surface area contributed by atoms with E-state index < -0.39 is 0 Å². The number of hydrogen-bond donors (Lipinski definition) is 2. The van der Waals surface area contributed by atoms with Crippen molar-refractivity contribution in [3.8, 4) is 5.75 Å². The molecule has 2 aromatic rings. The Morgan fingerprint density at radius 1 is 1.07 bits per heavy atom. The number of carbonyl (C=O) groups is 2. The summed E-state index contributed by atoms with van der Waals surface area (Å²) in [7, 11) is 0. The summed E-state index contributed by atoms with van der Waals surface area (Å²) in [5.41, 5.74) is 1.68. The Balaban J connectivity index is 1.39. The number of amides is 2. The van der Waals surface area contributed by atoms with Crippen molar-refractivity contribution in [1.82, 2.24) is 4.90 Å². The van der Waals surface area contributed by atoms with Crippen LogP contribution < -0.4 is 5.32 Å². The lowest BCUT2D eigenvalue weighted by atomic mass is 10.1. The molecular formula is C22H22N2O3S2. The van der Waals surface area contributed by atoms with Crippen molar-refractivity contribution < 1.29 is 14.7 Å². The predicted octanol–water partition coefficient (Wildman–Crippen LogP) is 5.43. The van der Waals surface area contributed by atoms with E-state index in [1.165, 1.54) is 23.9 Å². The summed E-state index contributed by atoms with van der Waals surface area (Å²) in [6.07, 6.45) is 4.71. The van der Waals surface area contributed by atoms with Gasteiger partial charge < -0.3 is 10.4 Å².